The summed E-state index contributed by atoms with van der Waals surface area (Å²) in [6, 6.07) is 5.44. The van der Waals surface area contributed by atoms with E-state index in [9.17, 15) is 18.0 Å². The highest BCUT2D eigenvalue weighted by molar-refractivity contribution is 8.01. The number of carbonyl (C=O) groups is 1. The van der Waals surface area contributed by atoms with Crippen molar-refractivity contribution in [1.82, 2.24) is 15.2 Å². The molecule has 3 aromatic rings. The lowest BCUT2D eigenvalue weighted by Gasteiger charge is -2.12. The van der Waals surface area contributed by atoms with Gasteiger partial charge >= 0.3 is 6.18 Å². The normalized spacial score (nSPS) is 12.8. The van der Waals surface area contributed by atoms with Crippen LogP contribution in [0.15, 0.2) is 69.6 Å². The molecule has 0 spiro atoms. The summed E-state index contributed by atoms with van der Waals surface area (Å²) in [6.07, 6.45) is -0.169. The van der Waals surface area contributed by atoms with Crippen molar-refractivity contribution in [3.05, 3.63) is 70.9 Å². The van der Waals surface area contributed by atoms with Gasteiger partial charge in [-0.3, -0.25) is 15.1 Å². The second kappa shape index (κ2) is 9.85. The van der Waals surface area contributed by atoms with Crippen LogP contribution in [0.4, 0.5) is 18.3 Å². The highest BCUT2D eigenvalue weighted by Gasteiger charge is 2.35. The van der Waals surface area contributed by atoms with Gasteiger partial charge in [-0.05, 0) is 31.5 Å². The largest absolute Gasteiger partial charge is 0.417 e. The van der Waals surface area contributed by atoms with Crippen molar-refractivity contribution in [2.24, 2.45) is 0 Å². The molecule has 0 bridgehead atoms. The minimum absolute atomic E-state index is 0.0661. The monoisotopic (exact) mass is 496 g/mol. The zero-order valence-corrected chi connectivity index (χ0v) is 19.2. The highest BCUT2D eigenvalue weighted by atomic mass is 35.5. The van der Waals surface area contributed by atoms with Crippen LogP contribution < -0.4 is 5.32 Å². The van der Waals surface area contributed by atoms with Crippen LogP contribution in [0.2, 0.25) is 5.02 Å². The molecule has 3 rings (SSSR count). The third-order valence-electron chi connectivity index (χ3n) is 4.26. The van der Waals surface area contributed by atoms with Crippen molar-refractivity contribution in [2.75, 3.05) is 5.32 Å². The number of anilines is 1. The molecule has 0 fully saturated rings. The molecule has 0 unspecified atom stereocenters. The van der Waals surface area contributed by atoms with Gasteiger partial charge in [-0.15, -0.1) is 10.2 Å². The quantitative estimate of drug-likeness (QED) is 0.232. The van der Waals surface area contributed by atoms with E-state index >= 15 is 0 Å². The van der Waals surface area contributed by atoms with Crippen molar-refractivity contribution >= 4 is 56.6 Å². The van der Waals surface area contributed by atoms with Gasteiger partial charge in [0.25, 0.3) is 5.91 Å². The Bertz CT molecular complexity index is 1250. The fourth-order valence-corrected chi connectivity index (χ4v) is 4.76. The van der Waals surface area contributed by atoms with Gasteiger partial charge in [0.1, 0.15) is 0 Å². The van der Waals surface area contributed by atoms with Crippen molar-refractivity contribution < 1.29 is 18.0 Å². The molecule has 1 aromatic carbocycles. The minimum atomic E-state index is -4.71. The molecule has 0 aliphatic carbocycles. The molecule has 1 amide bonds. The third-order valence-corrected chi connectivity index (χ3v) is 6.64. The van der Waals surface area contributed by atoms with Crippen molar-refractivity contribution in [1.29, 1.82) is 0 Å². The first-order chi connectivity index (χ1) is 15.2. The standard InChI is InChI=1S/C21H16ClF3N4OS2/c1-4-6-14(21(23,24)25)12(5-2)18(30)27-19-28-29-20(32-19)31-16-9-10-26-17-11(3)15(22)8-7-13(16)17/h4-10H,2H2,1,3H3,(H,27,28,30)/b6-4-,14-12-. The maximum Gasteiger partial charge on any atom is 0.417 e. The molecule has 32 heavy (non-hydrogen) atoms. The van der Waals surface area contributed by atoms with Gasteiger partial charge in [0, 0.05) is 21.5 Å². The Morgan fingerprint density at radius 3 is 2.69 bits per heavy atom. The number of nitrogens with one attached hydrogen (secondary N) is 1. The maximum atomic E-state index is 13.3. The van der Waals surface area contributed by atoms with E-state index in [-0.39, 0.29) is 5.13 Å². The van der Waals surface area contributed by atoms with Gasteiger partial charge in [0.05, 0.1) is 16.7 Å². The van der Waals surface area contributed by atoms with E-state index in [1.807, 2.05) is 19.1 Å². The van der Waals surface area contributed by atoms with Gasteiger partial charge in [0.2, 0.25) is 5.13 Å². The van der Waals surface area contributed by atoms with Crippen LogP contribution in [0.25, 0.3) is 10.9 Å². The second-order valence-electron chi connectivity index (χ2n) is 6.34. The van der Waals surface area contributed by atoms with E-state index in [1.54, 1.807) is 12.3 Å². The molecule has 1 N–H and O–H groups in total. The van der Waals surface area contributed by atoms with Gasteiger partial charge in [0.15, 0.2) is 4.34 Å². The van der Waals surface area contributed by atoms with Crippen LogP contribution in [0.1, 0.15) is 12.5 Å². The molecule has 0 atom stereocenters. The summed E-state index contributed by atoms with van der Waals surface area (Å²) < 4.78 is 40.4. The number of hydrogen-bond acceptors (Lipinski definition) is 6. The molecule has 0 aliphatic heterocycles. The summed E-state index contributed by atoms with van der Waals surface area (Å²) in [7, 11) is 0. The number of alkyl halides is 3. The summed E-state index contributed by atoms with van der Waals surface area (Å²) in [6.45, 7) is 6.64. The van der Waals surface area contributed by atoms with Gasteiger partial charge in [-0.2, -0.15) is 13.2 Å². The highest BCUT2D eigenvalue weighted by Crippen LogP contribution is 2.37. The molecule has 2 aromatic heterocycles. The van der Waals surface area contributed by atoms with Crippen LogP contribution in [-0.2, 0) is 4.79 Å². The Morgan fingerprint density at radius 2 is 2.03 bits per heavy atom. The zero-order valence-electron chi connectivity index (χ0n) is 16.8. The lowest BCUT2D eigenvalue weighted by molar-refractivity contribution is -0.114. The summed E-state index contributed by atoms with van der Waals surface area (Å²) >= 11 is 8.51. The summed E-state index contributed by atoms with van der Waals surface area (Å²) in [5, 5.41) is 11.8. The smallest absolute Gasteiger partial charge is 0.296 e. The number of fused-ring (bicyclic) bond motifs is 1. The SMILES string of the molecule is C=C/C(C(=O)Nc1nnc(Sc2ccnc3c(C)c(Cl)ccc23)s1)=C(\C=C/C)C(F)(F)F. The summed E-state index contributed by atoms with van der Waals surface area (Å²) in [5.74, 6) is -0.974. The topological polar surface area (TPSA) is 67.8 Å². The Kier molecular flexibility index (Phi) is 7.37. The fraction of sp³-hybridized carbons (Fsp3) is 0.143. The van der Waals surface area contributed by atoms with Crippen LogP contribution in [0.5, 0.6) is 0 Å². The molecule has 0 saturated heterocycles. The van der Waals surface area contributed by atoms with Crippen molar-refractivity contribution in [2.45, 2.75) is 29.3 Å². The predicted molar refractivity (Wildman–Crippen MR) is 122 cm³/mol. The van der Waals surface area contributed by atoms with Gasteiger partial charge < -0.3 is 0 Å². The van der Waals surface area contributed by atoms with Crippen molar-refractivity contribution in [3.8, 4) is 0 Å². The van der Waals surface area contributed by atoms with E-state index in [1.165, 1.54) is 24.8 Å². The number of carbonyl (C=O) groups excluding carboxylic acids is 1. The number of hydrogen-bond donors (Lipinski definition) is 1. The number of rotatable bonds is 6. The summed E-state index contributed by atoms with van der Waals surface area (Å²) in [4.78, 5) is 17.7. The number of benzene rings is 1. The first-order valence-corrected chi connectivity index (χ1v) is 11.1. The zero-order chi connectivity index (χ0) is 23.5. The first kappa shape index (κ1) is 24.0. The van der Waals surface area contributed by atoms with E-state index in [0.29, 0.717) is 9.36 Å². The van der Waals surface area contributed by atoms with E-state index < -0.39 is 23.2 Å². The minimum Gasteiger partial charge on any atom is -0.296 e. The molecule has 11 heteroatoms. The van der Waals surface area contributed by atoms with Crippen LogP contribution >= 0.6 is 34.7 Å². The second-order valence-corrected chi connectivity index (χ2v) is 9.01. The van der Waals surface area contributed by atoms with Gasteiger partial charge in [-0.1, -0.05) is 65.6 Å². The number of aryl methyl sites for hydroxylation is 1. The molecule has 2 heterocycles. The van der Waals surface area contributed by atoms with Crippen LogP contribution in [0, 0.1) is 6.92 Å². The number of halogens is 4. The van der Waals surface area contributed by atoms with E-state index in [4.69, 9.17) is 11.6 Å². The lowest BCUT2D eigenvalue weighted by atomic mass is 10.1. The van der Waals surface area contributed by atoms with Crippen LogP contribution in [0.3, 0.4) is 0 Å². The number of amides is 1. The third kappa shape index (κ3) is 5.20. The average Bonchev–Trinajstić information content (AvgIpc) is 3.17. The Morgan fingerprint density at radius 1 is 1.28 bits per heavy atom. The number of allylic oxidation sites excluding steroid dienone is 3. The molecule has 0 aliphatic rings. The number of nitrogens with zero attached hydrogens (tertiary/aromatic N) is 3. The first-order valence-electron chi connectivity index (χ1n) is 9.08. The molecule has 0 saturated carbocycles. The predicted octanol–water partition coefficient (Wildman–Crippen LogP) is 6.76. The average molecular weight is 497 g/mol. The van der Waals surface area contributed by atoms with Crippen LogP contribution in [-0.4, -0.2) is 27.3 Å². The molecule has 5 nitrogen and oxygen atoms in total. The molecule has 0 radical (unpaired) electrons. The summed E-state index contributed by atoms with van der Waals surface area (Å²) in [5.41, 5.74) is -0.0940. The van der Waals surface area contributed by atoms with E-state index in [0.717, 1.165) is 44.9 Å². The van der Waals surface area contributed by atoms with E-state index in [2.05, 4.69) is 27.1 Å². The molecule has 166 valence electrons. The molecular weight excluding hydrogens is 481 g/mol. The molecular formula is C21H16ClF3N4OS2. The number of aromatic nitrogens is 3. The fourth-order valence-electron chi connectivity index (χ4n) is 2.79. The maximum absolute atomic E-state index is 13.3. The Hall–Kier alpha value is -2.69. The Balaban J connectivity index is 1.85. The Labute approximate surface area is 195 Å². The number of pyridine rings is 1. The van der Waals surface area contributed by atoms with Crippen molar-refractivity contribution in [3.63, 3.8) is 0 Å². The van der Waals surface area contributed by atoms with Gasteiger partial charge in [-0.25, -0.2) is 0 Å². The lowest BCUT2D eigenvalue weighted by Crippen LogP contribution is -2.20.